The molecule has 0 spiro atoms. The highest BCUT2D eigenvalue weighted by molar-refractivity contribution is 9.10. The summed E-state index contributed by atoms with van der Waals surface area (Å²) in [7, 11) is 1.57. The predicted octanol–water partition coefficient (Wildman–Crippen LogP) is 1.70. The van der Waals surface area contributed by atoms with Crippen LogP contribution in [0.25, 0.3) is 0 Å². The molecule has 2 unspecified atom stereocenters. The second-order valence-corrected chi connectivity index (χ2v) is 5.29. The molecule has 1 N–H and O–H groups in total. The molecule has 2 rings (SSSR count). The first-order valence-electron chi connectivity index (χ1n) is 5.92. The number of benzene rings is 1. The Hall–Kier alpha value is -1.56. The Morgan fingerprint density at radius 2 is 2.00 bits per heavy atom. The van der Waals surface area contributed by atoms with Crippen LogP contribution in [0.3, 0.4) is 0 Å². The summed E-state index contributed by atoms with van der Waals surface area (Å²) in [5, 5.41) is 2.65. The monoisotopic (exact) mass is 326 g/mol. The van der Waals surface area contributed by atoms with Crippen molar-refractivity contribution < 1.29 is 14.3 Å². The van der Waals surface area contributed by atoms with Gasteiger partial charge in [-0.1, -0.05) is 0 Å². The molecule has 1 aliphatic rings. The molecule has 0 radical (unpaired) electrons. The number of amides is 2. The molecule has 0 aromatic heterocycles. The maximum atomic E-state index is 12.2. The number of carbonyl (C=O) groups excluding carboxylic acids is 2. The molecule has 102 valence electrons. The van der Waals surface area contributed by atoms with E-state index < -0.39 is 12.1 Å². The van der Waals surface area contributed by atoms with Gasteiger partial charge in [-0.25, -0.2) is 0 Å². The number of nitrogens with zero attached hydrogens (tertiary/aromatic N) is 1. The lowest BCUT2D eigenvalue weighted by molar-refractivity contribution is -0.133. The Labute approximate surface area is 120 Å². The minimum Gasteiger partial charge on any atom is -0.496 e. The molecule has 6 heteroatoms. The number of methoxy groups -OCH3 is 1. The molecule has 1 aliphatic heterocycles. The minimum atomic E-state index is -0.524. The third kappa shape index (κ3) is 2.45. The molecule has 2 amide bonds. The molecule has 2 atom stereocenters. The average molecular weight is 327 g/mol. The Morgan fingerprint density at radius 3 is 2.58 bits per heavy atom. The first-order chi connectivity index (χ1) is 8.95. The van der Waals surface area contributed by atoms with Crippen molar-refractivity contribution in [3.8, 4) is 5.75 Å². The molecule has 5 nitrogen and oxygen atoms in total. The fraction of sp³-hybridized carbons (Fsp3) is 0.385. The molecule has 1 aromatic carbocycles. The predicted molar refractivity (Wildman–Crippen MR) is 75.2 cm³/mol. The van der Waals surface area contributed by atoms with E-state index in [1.807, 2.05) is 0 Å². The fourth-order valence-corrected chi connectivity index (χ4v) is 2.60. The average Bonchev–Trinajstić information content (AvgIpc) is 2.37. The van der Waals surface area contributed by atoms with Crippen molar-refractivity contribution in [3.05, 3.63) is 22.7 Å². The highest BCUT2D eigenvalue weighted by atomic mass is 79.9. The smallest absolute Gasteiger partial charge is 0.250 e. The van der Waals surface area contributed by atoms with E-state index in [-0.39, 0.29) is 11.8 Å². The molecule has 19 heavy (non-hydrogen) atoms. The molecule has 1 fully saturated rings. The molecule has 0 aliphatic carbocycles. The largest absolute Gasteiger partial charge is 0.496 e. The number of carbonyl (C=O) groups is 2. The van der Waals surface area contributed by atoms with Gasteiger partial charge in [-0.15, -0.1) is 0 Å². The highest BCUT2D eigenvalue weighted by Crippen LogP contribution is 2.31. The standard InChI is InChI=1S/C13H15BrN2O3/c1-7-13(18)16(8(2)12(17)15-7)9-4-5-11(19-3)10(14)6-9/h4-8H,1-3H3,(H,15,17). The van der Waals surface area contributed by atoms with Crippen molar-refractivity contribution in [3.63, 3.8) is 0 Å². The molecule has 1 aromatic rings. The Morgan fingerprint density at radius 1 is 1.32 bits per heavy atom. The number of ether oxygens (including phenoxy) is 1. The zero-order chi connectivity index (χ0) is 14.2. The Bertz CT molecular complexity index is 533. The number of rotatable bonds is 2. The number of hydrogen-bond donors (Lipinski definition) is 1. The maximum Gasteiger partial charge on any atom is 0.250 e. The van der Waals surface area contributed by atoms with Crippen molar-refractivity contribution in [2.75, 3.05) is 12.0 Å². The van der Waals surface area contributed by atoms with Gasteiger partial charge in [-0.2, -0.15) is 0 Å². The van der Waals surface area contributed by atoms with Gasteiger partial charge in [0.2, 0.25) is 11.8 Å². The fourth-order valence-electron chi connectivity index (χ4n) is 2.07. The molecular formula is C13H15BrN2O3. The quantitative estimate of drug-likeness (QED) is 0.899. The van der Waals surface area contributed by atoms with Crippen LogP contribution in [-0.4, -0.2) is 31.0 Å². The van der Waals surface area contributed by atoms with Crippen LogP contribution in [-0.2, 0) is 9.59 Å². The summed E-state index contributed by atoms with van der Waals surface area (Å²) in [5.41, 5.74) is 0.673. The topological polar surface area (TPSA) is 58.6 Å². The Balaban J connectivity index is 2.40. The van der Waals surface area contributed by atoms with Crippen LogP contribution < -0.4 is 15.0 Å². The van der Waals surface area contributed by atoms with Gasteiger partial charge in [0.25, 0.3) is 0 Å². The number of halogens is 1. The van der Waals surface area contributed by atoms with E-state index in [9.17, 15) is 9.59 Å². The van der Waals surface area contributed by atoms with Crippen molar-refractivity contribution in [1.29, 1.82) is 0 Å². The third-order valence-electron chi connectivity index (χ3n) is 3.15. The summed E-state index contributed by atoms with van der Waals surface area (Å²) in [6.07, 6.45) is 0. The summed E-state index contributed by atoms with van der Waals surface area (Å²) < 4.78 is 5.90. The van der Waals surface area contributed by atoms with E-state index >= 15 is 0 Å². The van der Waals surface area contributed by atoms with E-state index in [1.165, 1.54) is 4.90 Å². The summed E-state index contributed by atoms with van der Waals surface area (Å²) in [6.45, 7) is 3.38. The SMILES string of the molecule is COc1ccc(N2C(=O)C(C)NC(=O)C2C)cc1Br. The normalized spacial score (nSPS) is 23.3. The van der Waals surface area contributed by atoms with E-state index in [2.05, 4.69) is 21.2 Å². The Kier molecular flexibility index (Phi) is 3.80. The van der Waals surface area contributed by atoms with Crippen LogP contribution in [0.4, 0.5) is 5.69 Å². The lowest BCUT2D eigenvalue weighted by Gasteiger charge is -2.36. The van der Waals surface area contributed by atoms with Crippen LogP contribution in [0.15, 0.2) is 22.7 Å². The van der Waals surface area contributed by atoms with Gasteiger partial charge in [0.1, 0.15) is 17.8 Å². The van der Waals surface area contributed by atoms with Crippen molar-refractivity contribution in [2.45, 2.75) is 25.9 Å². The zero-order valence-corrected chi connectivity index (χ0v) is 12.5. The molecule has 1 heterocycles. The van der Waals surface area contributed by atoms with Crippen LogP contribution in [0.1, 0.15) is 13.8 Å². The minimum absolute atomic E-state index is 0.121. The van der Waals surface area contributed by atoms with Crippen molar-refractivity contribution in [2.24, 2.45) is 0 Å². The van der Waals surface area contributed by atoms with Gasteiger partial charge in [0.05, 0.1) is 11.6 Å². The number of nitrogens with one attached hydrogen (secondary N) is 1. The molecular weight excluding hydrogens is 312 g/mol. The lowest BCUT2D eigenvalue weighted by atomic mass is 10.1. The van der Waals surface area contributed by atoms with Gasteiger partial charge < -0.3 is 10.1 Å². The van der Waals surface area contributed by atoms with Crippen molar-refractivity contribution >= 4 is 33.4 Å². The maximum absolute atomic E-state index is 12.2. The number of piperazine rings is 1. The van der Waals surface area contributed by atoms with Gasteiger partial charge in [0.15, 0.2) is 0 Å². The third-order valence-corrected chi connectivity index (χ3v) is 3.77. The first-order valence-corrected chi connectivity index (χ1v) is 6.72. The second-order valence-electron chi connectivity index (χ2n) is 4.43. The highest BCUT2D eigenvalue weighted by Gasteiger charge is 2.36. The molecule has 0 saturated carbocycles. The lowest BCUT2D eigenvalue weighted by Crippen LogP contribution is -2.61. The van der Waals surface area contributed by atoms with E-state index in [4.69, 9.17) is 4.74 Å². The second kappa shape index (κ2) is 5.21. The summed E-state index contributed by atoms with van der Waals surface area (Å²) >= 11 is 3.38. The van der Waals surface area contributed by atoms with E-state index in [1.54, 1.807) is 39.2 Å². The number of hydrogen-bond acceptors (Lipinski definition) is 3. The number of anilines is 1. The molecule has 0 bridgehead atoms. The van der Waals surface area contributed by atoms with E-state index in [0.717, 1.165) is 4.47 Å². The van der Waals surface area contributed by atoms with Gasteiger partial charge in [-0.05, 0) is 48.0 Å². The summed E-state index contributed by atoms with van der Waals surface area (Å²) in [4.78, 5) is 25.5. The van der Waals surface area contributed by atoms with Gasteiger partial charge >= 0.3 is 0 Å². The van der Waals surface area contributed by atoms with Crippen molar-refractivity contribution in [1.82, 2.24) is 5.32 Å². The first kappa shape index (κ1) is 13.9. The van der Waals surface area contributed by atoms with Crippen LogP contribution in [0.2, 0.25) is 0 Å². The summed E-state index contributed by atoms with van der Waals surface area (Å²) in [6, 6.07) is 4.27. The van der Waals surface area contributed by atoms with Gasteiger partial charge in [0, 0.05) is 5.69 Å². The van der Waals surface area contributed by atoms with Crippen LogP contribution >= 0.6 is 15.9 Å². The molecule has 1 saturated heterocycles. The van der Waals surface area contributed by atoms with E-state index in [0.29, 0.717) is 11.4 Å². The van der Waals surface area contributed by atoms with Gasteiger partial charge in [-0.3, -0.25) is 14.5 Å². The zero-order valence-electron chi connectivity index (χ0n) is 10.9. The van der Waals surface area contributed by atoms with Crippen LogP contribution in [0.5, 0.6) is 5.75 Å². The summed E-state index contributed by atoms with van der Waals surface area (Å²) in [5.74, 6) is 0.404. The van der Waals surface area contributed by atoms with Crippen LogP contribution in [0, 0.1) is 0 Å².